The van der Waals surface area contributed by atoms with Crippen molar-refractivity contribution in [1.29, 1.82) is 5.26 Å². The lowest BCUT2D eigenvalue weighted by Gasteiger charge is -2.06. The Morgan fingerprint density at radius 2 is 2.17 bits per heavy atom. The molecule has 0 unspecified atom stereocenters. The van der Waals surface area contributed by atoms with Gasteiger partial charge in [0.15, 0.2) is 11.5 Å². The summed E-state index contributed by atoms with van der Waals surface area (Å²) < 4.78 is 5.81. The lowest BCUT2D eigenvalue weighted by molar-refractivity contribution is 0.371. The first-order valence-corrected chi connectivity index (χ1v) is 8.24. The normalized spacial score (nSPS) is 11.5. The highest BCUT2D eigenvalue weighted by Gasteiger charge is 2.11. The second-order valence-corrected chi connectivity index (χ2v) is 6.49. The van der Waals surface area contributed by atoms with Crippen LogP contribution in [0, 0.1) is 21.8 Å². The number of nitrogens with one attached hydrogen (secondary N) is 1. The number of hydrogen-bond donors (Lipinski definition) is 2. The van der Waals surface area contributed by atoms with Crippen molar-refractivity contribution in [3.05, 3.63) is 50.9 Å². The van der Waals surface area contributed by atoms with E-state index in [0.717, 1.165) is 22.2 Å². The van der Waals surface area contributed by atoms with Crippen LogP contribution in [0.4, 0.5) is 0 Å². The molecule has 2 aromatic carbocycles. The lowest BCUT2D eigenvalue weighted by atomic mass is 10.1. The number of aromatic amines is 1. The van der Waals surface area contributed by atoms with Crippen molar-refractivity contribution in [3.63, 3.8) is 0 Å². The monoisotopic (exact) mass is 431 g/mol. The molecule has 0 radical (unpaired) electrons. The summed E-state index contributed by atoms with van der Waals surface area (Å²) in [6.07, 6.45) is 1.72. The van der Waals surface area contributed by atoms with Gasteiger partial charge in [-0.05, 0) is 71.0 Å². The maximum atomic E-state index is 9.91. The number of nitrogens with zero attached hydrogens (tertiary/aromatic N) is 2. The smallest absolute Gasteiger partial charge is 0.171 e. The van der Waals surface area contributed by atoms with E-state index in [9.17, 15) is 10.4 Å². The van der Waals surface area contributed by atoms with Crippen molar-refractivity contribution >= 4 is 45.3 Å². The number of allylic oxidation sites excluding steroid dienone is 1. The van der Waals surface area contributed by atoms with Gasteiger partial charge in [0, 0.05) is 0 Å². The molecule has 0 aliphatic rings. The van der Waals surface area contributed by atoms with Gasteiger partial charge in [-0.3, -0.25) is 0 Å². The van der Waals surface area contributed by atoms with Gasteiger partial charge in [0.1, 0.15) is 11.9 Å². The van der Waals surface area contributed by atoms with E-state index in [-0.39, 0.29) is 5.75 Å². The molecular weight excluding hydrogens is 417 g/mol. The Bertz CT molecular complexity index is 999. The molecule has 0 saturated carbocycles. The van der Waals surface area contributed by atoms with E-state index in [1.165, 1.54) is 7.11 Å². The molecular formula is C18H14IN3O2. The maximum Gasteiger partial charge on any atom is 0.171 e. The Kier molecular flexibility index (Phi) is 4.44. The number of aryl methyl sites for hydroxylation is 1. The average molecular weight is 431 g/mol. The standard InChI is InChI=1S/C18H14IN3O2/c1-10-3-4-14-15(5-10)22-18(21-14)12(9-20)6-11-7-13(19)17(23)16(8-11)24-2/h3-8,23H,1-2H3,(H,21,22)/b12-6-. The van der Waals surface area contributed by atoms with Gasteiger partial charge in [-0.2, -0.15) is 5.26 Å². The second kappa shape index (κ2) is 6.53. The summed E-state index contributed by atoms with van der Waals surface area (Å²) in [5.74, 6) is 0.971. The van der Waals surface area contributed by atoms with Gasteiger partial charge in [-0.25, -0.2) is 4.98 Å². The summed E-state index contributed by atoms with van der Waals surface area (Å²) in [5.41, 5.74) is 3.99. The molecule has 3 rings (SSSR count). The van der Waals surface area contributed by atoms with Gasteiger partial charge in [0.25, 0.3) is 0 Å². The molecule has 6 heteroatoms. The zero-order valence-corrected chi connectivity index (χ0v) is 15.2. The van der Waals surface area contributed by atoms with E-state index >= 15 is 0 Å². The number of phenols is 1. The molecule has 24 heavy (non-hydrogen) atoms. The summed E-state index contributed by atoms with van der Waals surface area (Å²) in [5, 5.41) is 19.4. The number of phenolic OH excluding ortho intramolecular Hbond substituents is 1. The number of methoxy groups -OCH3 is 1. The van der Waals surface area contributed by atoms with Crippen molar-refractivity contribution in [1.82, 2.24) is 9.97 Å². The van der Waals surface area contributed by atoms with Crippen LogP contribution in [-0.2, 0) is 0 Å². The number of hydrogen-bond acceptors (Lipinski definition) is 4. The predicted octanol–water partition coefficient (Wildman–Crippen LogP) is 4.25. The Labute approximate surface area is 152 Å². The second-order valence-electron chi connectivity index (χ2n) is 5.33. The number of ether oxygens (including phenoxy) is 1. The zero-order chi connectivity index (χ0) is 17.3. The average Bonchev–Trinajstić information content (AvgIpc) is 2.98. The number of benzene rings is 2. The third-order valence-electron chi connectivity index (χ3n) is 3.59. The molecule has 1 heterocycles. The van der Waals surface area contributed by atoms with Crippen LogP contribution in [0.2, 0.25) is 0 Å². The quantitative estimate of drug-likeness (QED) is 0.480. The molecule has 5 nitrogen and oxygen atoms in total. The molecule has 0 fully saturated rings. The fourth-order valence-electron chi connectivity index (χ4n) is 2.40. The maximum absolute atomic E-state index is 9.91. The van der Waals surface area contributed by atoms with E-state index in [0.29, 0.717) is 20.7 Å². The molecule has 120 valence electrons. The van der Waals surface area contributed by atoms with Crippen molar-refractivity contribution in [2.24, 2.45) is 0 Å². The van der Waals surface area contributed by atoms with Crippen LogP contribution < -0.4 is 4.74 Å². The molecule has 2 N–H and O–H groups in total. The van der Waals surface area contributed by atoms with Crippen molar-refractivity contribution in [2.45, 2.75) is 6.92 Å². The first-order valence-electron chi connectivity index (χ1n) is 7.17. The summed E-state index contributed by atoms with van der Waals surface area (Å²) in [6.45, 7) is 2.01. The van der Waals surface area contributed by atoms with Crippen LogP contribution in [0.3, 0.4) is 0 Å². The zero-order valence-electron chi connectivity index (χ0n) is 13.1. The predicted molar refractivity (Wildman–Crippen MR) is 102 cm³/mol. The first-order chi connectivity index (χ1) is 11.5. The van der Waals surface area contributed by atoms with Crippen molar-refractivity contribution in [2.75, 3.05) is 7.11 Å². The fourth-order valence-corrected chi connectivity index (χ4v) is 3.03. The molecule has 3 aromatic rings. The van der Waals surface area contributed by atoms with Crippen molar-refractivity contribution in [3.8, 4) is 17.6 Å². The molecule has 0 spiro atoms. The highest BCUT2D eigenvalue weighted by molar-refractivity contribution is 14.1. The first kappa shape index (κ1) is 16.3. The molecule has 0 aliphatic carbocycles. The molecule has 0 saturated heterocycles. The summed E-state index contributed by atoms with van der Waals surface area (Å²) >= 11 is 2.02. The van der Waals surface area contributed by atoms with Gasteiger partial charge in [-0.15, -0.1) is 0 Å². The van der Waals surface area contributed by atoms with E-state index < -0.39 is 0 Å². The summed E-state index contributed by atoms with van der Waals surface area (Å²) in [4.78, 5) is 7.65. The number of nitriles is 1. The number of imidazole rings is 1. The van der Waals surface area contributed by atoms with E-state index in [1.807, 2.05) is 47.7 Å². The SMILES string of the molecule is COc1cc(/C=C(/C#N)c2nc3ccc(C)cc3[nH]2)cc(I)c1O. The third kappa shape index (κ3) is 3.08. The third-order valence-corrected chi connectivity index (χ3v) is 4.42. The molecule has 0 aliphatic heterocycles. The number of halogens is 1. The highest BCUT2D eigenvalue weighted by atomic mass is 127. The van der Waals surface area contributed by atoms with E-state index in [1.54, 1.807) is 18.2 Å². The Hall–Kier alpha value is -2.53. The minimum atomic E-state index is 0.0907. The van der Waals surface area contributed by atoms with Crippen molar-refractivity contribution < 1.29 is 9.84 Å². The topological polar surface area (TPSA) is 81.9 Å². The van der Waals surface area contributed by atoms with Gasteiger partial charge in [-0.1, -0.05) is 6.07 Å². The minimum Gasteiger partial charge on any atom is -0.504 e. The van der Waals surface area contributed by atoms with E-state index in [2.05, 4.69) is 16.0 Å². The highest BCUT2D eigenvalue weighted by Crippen LogP contribution is 2.33. The Balaban J connectivity index is 2.09. The number of aromatic nitrogens is 2. The lowest BCUT2D eigenvalue weighted by Crippen LogP contribution is -1.89. The van der Waals surface area contributed by atoms with Gasteiger partial charge in [0.2, 0.25) is 0 Å². The van der Waals surface area contributed by atoms with Crippen LogP contribution in [-0.4, -0.2) is 22.2 Å². The van der Waals surface area contributed by atoms with E-state index in [4.69, 9.17) is 4.74 Å². The Morgan fingerprint density at radius 3 is 2.88 bits per heavy atom. The van der Waals surface area contributed by atoms with Crippen LogP contribution in [0.15, 0.2) is 30.3 Å². The Morgan fingerprint density at radius 1 is 1.38 bits per heavy atom. The van der Waals surface area contributed by atoms with Gasteiger partial charge >= 0.3 is 0 Å². The van der Waals surface area contributed by atoms with Gasteiger partial charge < -0.3 is 14.8 Å². The fraction of sp³-hybridized carbons (Fsp3) is 0.111. The van der Waals surface area contributed by atoms with Crippen LogP contribution in [0.1, 0.15) is 17.0 Å². The van der Waals surface area contributed by atoms with Gasteiger partial charge in [0.05, 0.1) is 27.3 Å². The number of aromatic hydroxyl groups is 1. The number of rotatable bonds is 3. The van der Waals surface area contributed by atoms with Crippen LogP contribution in [0.5, 0.6) is 11.5 Å². The molecule has 1 aromatic heterocycles. The molecule has 0 atom stereocenters. The largest absolute Gasteiger partial charge is 0.504 e. The molecule has 0 amide bonds. The van der Waals surface area contributed by atoms with Crippen LogP contribution in [0.25, 0.3) is 22.7 Å². The van der Waals surface area contributed by atoms with Crippen LogP contribution >= 0.6 is 22.6 Å². The number of H-pyrrole nitrogens is 1. The number of fused-ring (bicyclic) bond motifs is 1. The minimum absolute atomic E-state index is 0.0907. The summed E-state index contributed by atoms with van der Waals surface area (Å²) in [7, 11) is 1.49. The molecule has 0 bridgehead atoms. The summed E-state index contributed by atoms with van der Waals surface area (Å²) in [6, 6.07) is 11.5.